The van der Waals surface area contributed by atoms with Crippen molar-refractivity contribution >= 4 is 11.7 Å². The van der Waals surface area contributed by atoms with Gasteiger partial charge in [0.15, 0.2) is 5.82 Å². The van der Waals surface area contributed by atoms with Crippen LogP contribution >= 0.6 is 0 Å². The van der Waals surface area contributed by atoms with Gasteiger partial charge in [-0.05, 0) is 12.8 Å². The van der Waals surface area contributed by atoms with Crippen LogP contribution in [-0.2, 0) is 11.2 Å². The molecule has 0 bridgehead atoms. The highest BCUT2D eigenvalue weighted by molar-refractivity contribution is 5.91. The molecule has 0 radical (unpaired) electrons. The normalized spacial score (nSPS) is 14.2. The van der Waals surface area contributed by atoms with Crippen molar-refractivity contribution in [2.75, 3.05) is 5.32 Å². The molecule has 1 aliphatic carbocycles. The van der Waals surface area contributed by atoms with Gasteiger partial charge in [0, 0.05) is 29.4 Å². The molecule has 8 nitrogen and oxygen atoms in total. The molecule has 0 saturated heterocycles. The van der Waals surface area contributed by atoms with Crippen molar-refractivity contribution in [1.82, 2.24) is 20.2 Å². The summed E-state index contributed by atoms with van der Waals surface area (Å²) in [6.45, 7) is 0. The van der Waals surface area contributed by atoms with Crippen LogP contribution in [-0.4, -0.2) is 26.1 Å². The molecule has 20 heavy (non-hydrogen) atoms. The van der Waals surface area contributed by atoms with E-state index in [0.29, 0.717) is 11.7 Å². The first-order valence-electron chi connectivity index (χ1n) is 6.28. The Morgan fingerprint density at radius 3 is 2.80 bits per heavy atom. The molecule has 8 heteroatoms. The molecule has 2 aromatic heterocycles. The second-order valence-electron chi connectivity index (χ2n) is 4.82. The highest BCUT2D eigenvalue weighted by Crippen LogP contribution is 2.39. The first-order valence-corrected chi connectivity index (χ1v) is 6.28. The molecule has 1 fully saturated rings. The van der Waals surface area contributed by atoms with Gasteiger partial charge >= 0.3 is 5.69 Å². The molecule has 4 N–H and O–H groups in total. The number of hydrogen-bond donors (Lipinski definition) is 4. The van der Waals surface area contributed by atoms with E-state index in [2.05, 4.69) is 20.5 Å². The molecule has 1 saturated carbocycles. The number of hydrogen-bond acceptors (Lipinski definition) is 4. The Morgan fingerprint density at radius 2 is 2.10 bits per heavy atom. The first-order chi connectivity index (χ1) is 9.60. The summed E-state index contributed by atoms with van der Waals surface area (Å²) in [7, 11) is 0. The van der Waals surface area contributed by atoms with E-state index in [4.69, 9.17) is 0 Å². The van der Waals surface area contributed by atoms with E-state index >= 15 is 0 Å². The molecule has 0 spiro atoms. The number of nitrogens with zero attached hydrogens (tertiary/aromatic N) is 1. The molecule has 0 atom stereocenters. The Hall–Kier alpha value is -2.64. The van der Waals surface area contributed by atoms with Crippen molar-refractivity contribution in [3.8, 4) is 0 Å². The third-order valence-electron chi connectivity index (χ3n) is 3.05. The Bertz CT molecular complexity index is 724. The number of carbonyl (C=O) groups excluding carboxylic acids is 1. The maximum absolute atomic E-state index is 11.8. The van der Waals surface area contributed by atoms with Crippen LogP contribution in [0.4, 0.5) is 5.82 Å². The number of nitrogens with one attached hydrogen (secondary N) is 4. The molecule has 0 aliphatic heterocycles. The Labute approximate surface area is 112 Å². The summed E-state index contributed by atoms with van der Waals surface area (Å²) in [5, 5.41) is 9.49. The second kappa shape index (κ2) is 4.80. The zero-order chi connectivity index (χ0) is 14.1. The van der Waals surface area contributed by atoms with Gasteiger partial charge in [0.1, 0.15) is 0 Å². The van der Waals surface area contributed by atoms with Crippen LogP contribution in [0.5, 0.6) is 0 Å². The van der Waals surface area contributed by atoms with E-state index in [-0.39, 0.29) is 18.0 Å². The van der Waals surface area contributed by atoms with Crippen LogP contribution in [0, 0.1) is 0 Å². The van der Waals surface area contributed by atoms with E-state index in [1.54, 1.807) is 6.07 Å². The zero-order valence-electron chi connectivity index (χ0n) is 10.5. The minimum Gasteiger partial charge on any atom is -0.311 e. The van der Waals surface area contributed by atoms with Gasteiger partial charge in [-0.25, -0.2) is 4.79 Å². The van der Waals surface area contributed by atoms with Gasteiger partial charge in [-0.3, -0.25) is 19.7 Å². The van der Waals surface area contributed by atoms with Crippen LogP contribution in [0.25, 0.3) is 0 Å². The minimum atomic E-state index is -0.629. The molecular weight excluding hydrogens is 262 g/mol. The van der Waals surface area contributed by atoms with E-state index in [1.807, 2.05) is 4.98 Å². The van der Waals surface area contributed by atoms with Gasteiger partial charge in [-0.1, -0.05) is 0 Å². The summed E-state index contributed by atoms with van der Waals surface area (Å²) >= 11 is 0. The molecule has 0 aromatic carbocycles. The lowest BCUT2D eigenvalue weighted by Gasteiger charge is -2.01. The van der Waals surface area contributed by atoms with E-state index in [1.165, 1.54) is 6.07 Å². The summed E-state index contributed by atoms with van der Waals surface area (Å²) < 4.78 is 0. The smallest absolute Gasteiger partial charge is 0.311 e. The predicted octanol–water partition coefficient (Wildman–Crippen LogP) is -0.155. The summed E-state index contributed by atoms with van der Waals surface area (Å²) in [5.74, 6) is 0.626. The molecular formula is C12H13N5O3. The average molecular weight is 275 g/mol. The van der Waals surface area contributed by atoms with Crippen LogP contribution in [0.15, 0.2) is 21.7 Å². The lowest BCUT2D eigenvalue weighted by molar-refractivity contribution is -0.115. The van der Waals surface area contributed by atoms with Crippen molar-refractivity contribution in [2.45, 2.75) is 25.2 Å². The van der Waals surface area contributed by atoms with Gasteiger partial charge in [0.2, 0.25) is 5.91 Å². The number of H-pyrrole nitrogens is 3. The standard InChI is InChI=1S/C12H13N5O3/c18-10(3-7-4-11(19)15-12(20)13-7)14-9-5-8(16-17-9)6-1-2-6/h4-6H,1-3H2,(H2,13,15,19,20)(H2,14,16,17,18). The van der Waals surface area contributed by atoms with E-state index < -0.39 is 11.2 Å². The maximum atomic E-state index is 11.8. The summed E-state index contributed by atoms with van der Waals surface area (Å²) in [4.78, 5) is 38.4. The average Bonchev–Trinajstić information content (AvgIpc) is 3.09. The van der Waals surface area contributed by atoms with Crippen molar-refractivity contribution < 1.29 is 4.79 Å². The Morgan fingerprint density at radius 1 is 1.30 bits per heavy atom. The van der Waals surface area contributed by atoms with Crippen molar-refractivity contribution in [1.29, 1.82) is 0 Å². The number of rotatable bonds is 4. The number of aromatic nitrogens is 4. The topological polar surface area (TPSA) is 123 Å². The van der Waals surface area contributed by atoms with Crippen LogP contribution in [0.2, 0.25) is 0 Å². The van der Waals surface area contributed by atoms with Crippen LogP contribution in [0.3, 0.4) is 0 Å². The third kappa shape index (κ3) is 2.85. The first kappa shape index (κ1) is 12.4. The molecule has 1 aliphatic rings. The maximum Gasteiger partial charge on any atom is 0.325 e. The van der Waals surface area contributed by atoms with E-state index in [9.17, 15) is 14.4 Å². The van der Waals surface area contributed by atoms with Gasteiger partial charge in [0.05, 0.1) is 6.42 Å². The van der Waals surface area contributed by atoms with E-state index in [0.717, 1.165) is 18.5 Å². The molecule has 2 aromatic rings. The van der Waals surface area contributed by atoms with Gasteiger partial charge < -0.3 is 10.3 Å². The van der Waals surface area contributed by atoms with Crippen molar-refractivity contribution in [3.05, 3.63) is 44.4 Å². The fraction of sp³-hybridized carbons (Fsp3) is 0.333. The zero-order valence-corrected chi connectivity index (χ0v) is 10.5. The lowest BCUT2D eigenvalue weighted by atomic mass is 10.2. The number of anilines is 1. The SMILES string of the molecule is O=C(Cc1cc(=O)[nH]c(=O)[nH]1)Nc1cc(C2CC2)[nH]n1. The van der Waals surface area contributed by atoms with Crippen LogP contribution in [0.1, 0.15) is 30.1 Å². The Balaban J connectivity index is 1.66. The quantitative estimate of drug-likeness (QED) is 0.619. The van der Waals surface area contributed by atoms with Crippen molar-refractivity contribution in [3.63, 3.8) is 0 Å². The predicted molar refractivity (Wildman–Crippen MR) is 70.6 cm³/mol. The molecule has 104 valence electrons. The molecule has 2 heterocycles. The molecule has 3 rings (SSSR count). The van der Waals surface area contributed by atoms with Gasteiger partial charge in [0.25, 0.3) is 5.56 Å². The van der Waals surface area contributed by atoms with Crippen molar-refractivity contribution in [2.24, 2.45) is 0 Å². The molecule has 1 amide bonds. The summed E-state index contributed by atoms with van der Waals surface area (Å²) in [5.41, 5.74) is 0.113. The monoisotopic (exact) mass is 275 g/mol. The van der Waals surface area contributed by atoms with Gasteiger partial charge in [-0.2, -0.15) is 5.10 Å². The largest absolute Gasteiger partial charge is 0.325 e. The summed E-state index contributed by atoms with van der Waals surface area (Å²) in [6, 6.07) is 2.98. The number of carbonyl (C=O) groups is 1. The minimum absolute atomic E-state index is 0.0925. The van der Waals surface area contributed by atoms with Crippen LogP contribution < -0.4 is 16.6 Å². The third-order valence-corrected chi connectivity index (χ3v) is 3.05. The Kier molecular flexibility index (Phi) is 2.97. The highest BCUT2D eigenvalue weighted by atomic mass is 16.2. The van der Waals surface area contributed by atoms with Gasteiger partial charge in [-0.15, -0.1) is 0 Å². The fourth-order valence-electron chi connectivity index (χ4n) is 1.98. The highest BCUT2D eigenvalue weighted by Gasteiger charge is 2.25. The fourth-order valence-corrected chi connectivity index (χ4v) is 1.98. The molecule has 0 unspecified atom stereocenters. The second-order valence-corrected chi connectivity index (χ2v) is 4.82. The lowest BCUT2D eigenvalue weighted by Crippen LogP contribution is -2.25. The summed E-state index contributed by atoms with van der Waals surface area (Å²) in [6.07, 6.45) is 2.19. The number of amides is 1. The number of aromatic amines is 3.